The molecule has 0 saturated carbocycles. The predicted molar refractivity (Wildman–Crippen MR) is 64.1 cm³/mol. The van der Waals surface area contributed by atoms with Crippen LogP contribution in [0.1, 0.15) is 31.2 Å². The molecule has 0 atom stereocenters. The number of nitrogens with one attached hydrogen (secondary N) is 1. The van der Waals surface area contributed by atoms with Gasteiger partial charge in [0.15, 0.2) is 0 Å². The quantitative estimate of drug-likeness (QED) is 0.791. The normalized spacial score (nSPS) is 10.1. The molecule has 0 aromatic carbocycles. The van der Waals surface area contributed by atoms with Gasteiger partial charge in [-0.15, -0.1) is 0 Å². The van der Waals surface area contributed by atoms with E-state index in [1.807, 2.05) is 26.0 Å². The molecule has 0 radical (unpaired) electrons. The highest BCUT2D eigenvalue weighted by atomic mass is 16.5. The summed E-state index contributed by atoms with van der Waals surface area (Å²) in [4.78, 5) is 22.7. The van der Waals surface area contributed by atoms with Crippen molar-refractivity contribution in [2.75, 3.05) is 12.0 Å². The molecule has 5 nitrogen and oxygen atoms in total. The first kappa shape index (κ1) is 13.3. The first-order chi connectivity index (χ1) is 8.04. The minimum atomic E-state index is -0.344. The molecule has 17 heavy (non-hydrogen) atoms. The van der Waals surface area contributed by atoms with Gasteiger partial charge < -0.3 is 4.74 Å². The van der Waals surface area contributed by atoms with Gasteiger partial charge in [0, 0.05) is 17.8 Å². The molecule has 0 aliphatic carbocycles. The molecule has 1 amide bonds. The molecule has 1 rings (SSSR count). The summed E-state index contributed by atoms with van der Waals surface area (Å²) in [6.07, 6.45) is 0.245. The number of carbonyl (C=O) groups excluding carboxylic acids is 2. The fraction of sp³-hybridized carbons (Fsp3) is 0.500. The zero-order chi connectivity index (χ0) is 12.8. The summed E-state index contributed by atoms with van der Waals surface area (Å²) in [5, 5.41) is 0. The monoisotopic (exact) mass is 238 g/mol. The lowest BCUT2D eigenvalue weighted by Gasteiger charge is -2.10. The van der Waals surface area contributed by atoms with Crippen LogP contribution in [0.15, 0.2) is 12.1 Å². The minimum Gasteiger partial charge on any atom is -0.466 e. The topological polar surface area (TPSA) is 60.3 Å². The second kappa shape index (κ2) is 6.08. The summed E-state index contributed by atoms with van der Waals surface area (Å²) in [5.74, 6) is -0.538. The molecule has 0 aliphatic heterocycles. The van der Waals surface area contributed by atoms with E-state index in [9.17, 15) is 9.59 Å². The van der Waals surface area contributed by atoms with Crippen molar-refractivity contribution >= 4 is 11.9 Å². The van der Waals surface area contributed by atoms with E-state index in [4.69, 9.17) is 4.74 Å². The van der Waals surface area contributed by atoms with Crippen molar-refractivity contribution in [1.82, 2.24) is 4.68 Å². The van der Waals surface area contributed by atoms with Crippen LogP contribution in [-0.4, -0.2) is 23.2 Å². The highest BCUT2D eigenvalue weighted by Crippen LogP contribution is 2.04. The van der Waals surface area contributed by atoms with Gasteiger partial charge in [-0.3, -0.25) is 19.7 Å². The number of hydrogen-bond acceptors (Lipinski definition) is 3. The van der Waals surface area contributed by atoms with E-state index in [1.54, 1.807) is 11.6 Å². The maximum absolute atomic E-state index is 11.6. The maximum atomic E-state index is 11.6. The smallest absolute Gasteiger partial charge is 0.306 e. The summed E-state index contributed by atoms with van der Waals surface area (Å²) in [5.41, 5.74) is 4.63. The molecule has 0 saturated heterocycles. The van der Waals surface area contributed by atoms with E-state index in [1.165, 1.54) is 0 Å². The summed E-state index contributed by atoms with van der Waals surface area (Å²) < 4.78 is 6.45. The first-order valence-corrected chi connectivity index (χ1v) is 5.65. The summed E-state index contributed by atoms with van der Waals surface area (Å²) >= 11 is 0. The number of aryl methyl sites for hydroxylation is 2. The Bertz CT molecular complexity index is 390. The average Bonchev–Trinajstić information content (AvgIpc) is 2.58. The van der Waals surface area contributed by atoms with Gasteiger partial charge in [0.05, 0.1) is 13.0 Å². The van der Waals surface area contributed by atoms with Crippen LogP contribution < -0.4 is 5.43 Å². The van der Waals surface area contributed by atoms with Crippen molar-refractivity contribution in [2.45, 2.75) is 33.6 Å². The van der Waals surface area contributed by atoms with Crippen molar-refractivity contribution in [2.24, 2.45) is 0 Å². The highest BCUT2D eigenvalue weighted by Gasteiger charge is 2.09. The molecular formula is C12H18N2O3. The molecule has 1 aromatic rings. The number of ether oxygens (including phenoxy) is 1. The van der Waals surface area contributed by atoms with Gasteiger partial charge in [-0.2, -0.15) is 0 Å². The summed E-state index contributed by atoms with van der Waals surface area (Å²) in [6, 6.07) is 3.84. The number of carbonyl (C=O) groups is 2. The van der Waals surface area contributed by atoms with Crippen LogP contribution in [0.4, 0.5) is 0 Å². The summed E-state index contributed by atoms with van der Waals surface area (Å²) in [6.45, 7) is 5.89. The van der Waals surface area contributed by atoms with Crippen molar-refractivity contribution in [3.8, 4) is 0 Å². The number of hydrogen-bond donors (Lipinski definition) is 1. The van der Waals surface area contributed by atoms with Gasteiger partial charge in [0.25, 0.3) is 0 Å². The Morgan fingerprint density at radius 2 is 1.82 bits per heavy atom. The van der Waals surface area contributed by atoms with E-state index >= 15 is 0 Å². The zero-order valence-electron chi connectivity index (χ0n) is 10.4. The second-order valence-corrected chi connectivity index (χ2v) is 3.79. The van der Waals surface area contributed by atoms with Gasteiger partial charge in [0.1, 0.15) is 0 Å². The van der Waals surface area contributed by atoms with Crippen LogP contribution in [0.5, 0.6) is 0 Å². The molecule has 0 aliphatic rings. The number of esters is 1. The Hall–Kier alpha value is -1.78. The van der Waals surface area contributed by atoms with Crippen molar-refractivity contribution < 1.29 is 14.3 Å². The van der Waals surface area contributed by atoms with E-state index in [-0.39, 0.29) is 24.7 Å². The van der Waals surface area contributed by atoms with Crippen LogP contribution in [0, 0.1) is 13.8 Å². The average molecular weight is 238 g/mol. The van der Waals surface area contributed by atoms with Gasteiger partial charge in [-0.05, 0) is 32.9 Å². The Labute approximate surface area is 101 Å². The van der Waals surface area contributed by atoms with Gasteiger partial charge >= 0.3 is 5.97 Å². The predicted octanol–water partition coefficient (Wildman–Crippen LogP) is 1.52. The Kier molecular flexibility index (Phi) is 4.75. The van der Waals surface area contributed by atoms with E-state index in [0.29, 0.717) is 6.61 Å². The van der Waals surface area contributed by atoms with Crippen molar-refractivity contribution in [1.29, 1.82) is 0 Å². The molecule has 0 unspecified atom stereocenters. The third kappa shape index (κ3) is 3.94. The molecular weight excluding hydrogens is 220 g/mol. The van der Waals surface area contributed by atoms with Gasteiger partial charge in [-0.1, -0.05) is 0 Å². The molecule has 94 valence electrons. The highest BCUT2D eigenvalue weighted by molar-refractivity contribution is 5.86. The lowest BCUT2D eigenvalue weighted by Crippen LogP contribution is -2.25. The van der Waals surface area contributed by atoms with Crippen LogP contribution in [-0.2, 0) is 14.3 Å². The number of aromatic nitrogens is 1. The first-order valence-electron chi connectivity index (χ1n) is 5.65. The molecule has 5 heteroatoms. The van der Waals surface area contributed by atoms with Crippen LogP contribution in [0.2, 0.25) is 0 Å². The fourth-order valence-electron chi connectivity index (χ4n) is 1.47. The van der Waals surface area contributed by atoms with E-state index < -0.39 is 0 Å². The SMILES string of the molecule is CCOC(=O)CCC(=O)Nn1c(C)ccc1C. The second-order valence-electron chi connectivity index (χ2n) is 3.79. The lowest BCUT2D eigenvalue weighted by atomic mass is 10.3. The number of nitrogens with zero attached hydrogens (tertiary/aromatic N) is 1. The van der Waals surface area contributed by atoms with E-state index in [2.05, 4.69) is 5.43 Å². The summed E-state index contributed by atoms with van der Waals surface area (Å²) in [7, 11) is 0. The number of amides is 1. The van der Waals surface area contributed by atoms with Gasteiger partial charge in [0.2, 0.25) is 5.91 Å². The molecule has 1 aromatic heterocycles. The van der Waals surface area contributed by atoms with Crippen LogP contribution in [0.3, 0.4) is 0 Å². The Balaban J connectivity index is 2.43. The third-order valence-electron chi connectivity index (χ3n) is 2.37. The maximum Gasteiger partial charge on any atom is 0.306 e. The Morgan fingerprint density at radius 1 is 1.24 bits per heavy atom. The number of rotatable bonds is 5. The van der Waals surface area contributed by atoms with Crippen molar-refractivity contribution in [3.63, 3.8) is 0 Å². The molecule has 0 fully saturated rings. The van der Waals surface area contributed by atoms with Crippen molar-refractivity contribution in [3.05, 3.63) is 23.5 Å². The van der Waals surface area contributed by atoms with E-state index in [0.717, 1.165) is 11.4 Å². The minimum absolute atomic E-state index is 0.110. The zero-order valence-corrected chi connectivity index (χ0v) is 10.4. The molecule has 0 bridgehead atoms. The molecule has 0 spiro atoms. The Morgan fingerprint density at radius 3 is 2.35 bits per heavy atom. The molecule has 1 heterocycles. The largest absolute Gasteiger partial charge is 0.466 e. The molecule has 1 N–H and O–H groups in total. The van der Waals surface area contributed by atoms with Crippen LogP contribution in [0.25, 0.3) is 0 Å². The van der Waals surface area contributed by atoms with Gasteiger partial charge in [-0.25, -0.2) is 0 Å². The lowest BCUT2D eigenvalue weighted by molar-refractivity contribution is -0.144. The third-order valence-corrected chi connectivity index (χ3v) is 2.37. The standard InChI is InChI=1S/C12H18N2O3/c1-4-17-12(16)8-7-11(15)13-14-9(2)5-6-10(14)3/h5-6H,4,7-8H2,1-3H3,(H,13,15). The van der Waals surface area contributed by atoms with Crippen LogP contribution >= 0.6 is 0 Å². The fourth-order valence-corrected chi connectivity index (χ4v) is 1.47.